The van der Waals surface area contributed by atoms with E-state index in [1.807, 2.05) is 24.3 Å². The zero-order valence-electron chi connectivity index (χ0n) is 10.3. The van der Waals surface area contributed by atoms with Crippen molar-refractivity contribution in [3.05, 3.63) is 42.0 Å². The largest absolute Gasteiger partial charge is 0.492 e. The molecule has 1 aromatic carbocycles. The summed E-state index contributed by atoms with van der Waals surface area (Å²) in [5, 5.41) is 0. The number of aryl methyl sites for hydroxylation is 1. The monoisotopic (exact) mass is 245 g/mol. The first-order chi connectivity index (χ1) is 8.70. The summed E-state index contributed by atoms with van der Waals surface area (Å²) in [5.74, 6) is 0.203. The topological polar surface area (TPSA) is 46.6 Å². The highest BCUT2D eigenvalue weighted by molar-refractivity contribution is 6.12. The SMILES string of the molecule is CCc1ccc(OCCN2C(=O)C=CC2=O)cc1. The first-order valence-corrected chi connectivity index (χ1v) is 5.96. The molecule has 1 aromatic rings. The Morgan fingerprint density at radius 3 is 2.22 bits per heavy atom. The number of amides is 2. The van der Waals surface area contributed by atoms with Crippen LogP contribution in [-0.2, 0) is 16.0 Å². The molecular weight excluding hydrogens is 230 g/mol. The van der Waals surface area contributed by atoms with Gasteiger partial charge in [-0.05, 0) is 24.1 Å². The number of imide groups is 1. The van der Waals surface area contributed by atoms with E-state index in [-0.39, 0.29) is 18.4 Å². The van der Waals surface area contributed by atoms with Gasteiger partial charge in [0.15, 0.2) is 0 Å². The van der Waals surface area contributed by atoms with Crippen LogP contribution in [0, 0.1) is 0 Å². The Hall–Kier alpha value is -2.10. The minimum Gasteiger partial charge on any atom is -0.492 e. The van der Waals surface area contributed by atoms with E-state index >= 15 is 0 Å². The van der Waals surface area contributed by atoms with E-state index in [0.29, 0.717) is 6.61 Å². The smallest absolute Gasteiger partial charge is 0.253 e. The highest BCUT2D eigenvalue weighted by Gasteiger charge is 2.22. The van der Waals surface area contributed by atoms with Gasteiger partial charge in [-0.2, -0.15) is 0 Å². The Morgan fingerprint density at radius 1 is 1.06 bits per heavy atom. The number of rotatable bonds is 5. The molecule has 0 N–H and O–H groups in total. The van der Waals surface area contributed by atoms with E-state index in [1.165, 1.54) is 22.6 Å². The Balaban J connectivity index is 1.81. The summed E-state index contributed by atoms with van der Waals surface area (Å²) in [6, 6.07) is 7.79. The third kappa shape index (κ3) is 2.77. The molecule has 1 aliphatic rings. The second-order valence-corrected chi connectivity index (χ2v) is 4.01. The van der Waals surface area contributed by atoms with Crippen LogP contribution in [0.2, 0.25) is 0 Å². The number of hydrogen-bond donors (Lipinski definition) is 0. The maximum absolute atomic E-state index is 11.3. The van der Waals surface area contributed by atoms with E-state index in [2.05, 4.69) is 6.92 Å². The Labute approximate surface area is 106 Å². The van der Waals surface area contributed by atoms with Crippen LogP contribution in [-0.4, -0.2) is 29.9 Å². The van der Waals surface area contributed by atoms with Crippen molar-refractivity contribution in [1.82, 2.24) is 4.90 Å². The van der Waals surface area contributed by atoms with Crippen LogP contribution < -0.4 is 4.74 Å². The van der Waals surface area contributed by atoms with E-state index in [4.69, 9.17) is 4.74 Å². The van der Waals surface area contributed by atoms with Crippen molar-refractivity contribution in [2.24, 2.45) is 0 Å². The molecule has 0 atom stereocenters. The lowest BCUT2D eigenvalue weighted by Gasteiger charge is -2.14. The molecule has 0 bridgehead atoms. The van der Waals surface area contributed by atoms with Gasteiger partial charge in [0, 0.05) is 12.2 Å². The molecule has 4 heteroatoms. The summed E-state index contributed by atoms with van der Waals surface area (Å²) < 4.78 is 5.49. The third-order valence-corrected chi connectivity index (χ3v) is 2.82. The number of benzene rings is 1. The van der Waals surface area contributed by atoms with Gasteiger partial charge in [-0.1, -0.05) is 19.1 Å². The van der Waals surface area contributed by atoms with Crippen molar-refractivity contribution in [2.45, 2.75) is 13.3 Å². The molecule has 18 heavy (non-hydrogen) atoms. The van der Waals surface area contributed by atoms with Crippen LogP contribution >= 0.6 is 0 Å². The lowest BCUT2D eigenvalue weighted by molar-refractivity contribution is -0.137. The first kappa shape index (κ1) is 12.4. The predicted octanol–water partition coefficient (Wildman–Crippen LogP) is 1.55. The minimum atomic E-state index is -0.273. The number of hydrogen-bond acceptors (Lipinski definition) is 3. The third-order valence-electron chi connectivity index (χ3n) is 2.82. The lowest BCUT2D eigenvalue weighted by Crippen LogP contribution is -2.33. The van der Waals surface area contributed by atoms with Crippen molar-refractivity contribution in [1.29, 1.82) is 0 Å². The molecule has 0 saturated heterocycles. The second-order valence-electron chi connectivity index (χ2n) is 4.01. The minimum absolute atomic E-state index is 0.273. The average Bonchev–Trinajstić information content (AvgIpc) is 2.71. The van der Waals surface area contributed by atoms with E-state index < -0.39 is 0 Å². The Bertz CT molecular complexity index is 458. The van der Waals surface area contributed by atoms with Crippen LogP contribution in [0.15, 0.2) is 36.4 Å². The van der Waals surface area contributed by atoms with Gasteiger partial charge < -0.3 is 4.74 Å². The zero-order valence-corrected chi connectivity index (χ0v) is 10.3. The van der Waals surface area contributed by atoms with Gasteiger partial charge in [0.2, 0.25) is 0 Å². The summed E-state index contributed by atoms with van der Waals surface area (Å²) >= 11 is 0. The first-order valence-electron chi connectivity index (χ1n) is 5.96. The molecule has 2 rings (SSSR count). The molecule has 0 saturated carbocycles. The molecule has 0 aromatic heterocycles. The Kier molecular flexibility index (Phi) is 3.77. The standard InChI is InChI=1S/C14H15NO3/c1-2-11-3-5-12(6-4-11)18-10-9-15-13(16)7-8-14(15)17/h3-8H,2,9-10H2,1H3. The van der Waals surface area contributed by atoms with Gasteiger partial charge in [-0.25, -0.2) is 0 Å². The van der Waals surface area contributed by atoms with Crippen molar-refractivity contribution < 1.29 is 14.3 Å². The van der Waals surface area contributed by atoms with E-state index in [9.17, 15) is 9.59 Å². The Morgan fingerprint density at radius 2 is 1.67 bits per heavy atom. The molecule has 1 aliphatic heterocycles. The predicted molar refractivity (Wildman–Crippen MR) is 67.2 cm³/mol. The average molecular weight is 245 g/mol. The van der Waals surface area contributed by atoms with Gasteiger partial charge >= 0.3 is 0 Å². The van der Waals surface area contributed by atoms with Crippen LogP contribution in [0.3, 0.4) is 0 Å². The molecule has 0 radical (unpaired) electrons. The van der Waals surface area contributed by atoms with Crippen LogP contribution in [0.1, 0.15) is 12.5 Å². The molecule has 0 spiro atoms. The summed E-state index contributed by atoms with van der Waals surface area (Å²) in [5.41, 5.74) is 1.25. The van der Waals surface area contributed by atoms with Crippen molar-refractivity contribution >= 4 is 11.8 Å². The highest BCUT2D eigenvalue weighted by Crippen LogP contribution is 2.12. The molecule has 0 aliphatic carbocycles. The van der Waals surface area contributed by atoms with Gasteiger partial charge in [0.25, 0.3) is 11.8 Å². The summed E-state index contributed by atoms with van der Waals surface area (Å²) in [4.78, 5) is 23.7. The van der Waals surface area contributed by atoms with E-state index in [0.717, 1.165) is 12.2 Å². The second kappa shape index (κ2) is 5.49. The molecule has 1 heterocycles. The fourth-order valence-electron chi connectivity index (χ4n) is 1.73. The fourth-order valence-corrected chi connectivity index (χ4v) is 1.73. The number of carbonyl (C=O) groups is 2. The number of ether oxygens (including phenoxy) is 1. The van der Waals surface area contributed by atoms with Gasteiger partial charge in [0.05, 0.1) is 6.54 Å². The molecule has 94 valence electrons. The number of carbonyl (C=O) groups excluding carboxylic acids is 2. The normalized spacial score (nSPS) is 14.4. The summed E-state index contributed by atoms with van der Waals surface area (Å²) in [6.45, 7) is 2.68. The van der Waals surface area contributed by atoms with Gasteiger partial charge in [-0.15, -0.1) is 0 Å². The van der Waals surface area contributed by atoms with Crippen LogP contribution in [0.5, 0.6) is 5.75 Å². The maximum atomic E-state index is 11.3. The molecular formula is C14H15NO3. The number of nitrogens with zero attached hydrogens (tertiary/aromatic N) is 1. The van der Waals surface area contributed by atoms with E-state index in [1.54, 1.807) is 0 Å². The quantitative estimate of drug-likeness (QED) is 0.739. The van der Waals surface area contributed by atoms with Crippen molar-refractivity contribution in [3.8, 4) is 5.75 Å². The summed E-state index contributed by atoms with van der Waals surface area (Å²) in [6.07, 6.45) is 3.54. The van der Waals surface area contributed by atoms with Crippen LogP contribution in [0.25, 0.3) is 0 Å². The highest BCUT2D eigenvalue weighted by atomic mass is 16.5. The molecule has 0 fully saturated rings. The van der Waals surface area contributed by atoms with Crippen LogP contribution in [0.4, 0.5) is 0 Å². The maximum Gasteiger partial charge on any atom is 0.253 e. The van der Waals surface area contributed by atoms with Crippen molar-refractivity contribution in [3.63, 3.8) is 0 Å². The van der Waals surface area contributed by atoms with Crippen molar-refractivity contribution in [2.75, 3.05) is 13.2 Å². The molecule has 0 unspecified atom stereocenters. The lowest BCUT2D eigenvalue weighted by atomic mass is 10.2. The molecule has 4 nitrogen and oxygen atoms in total. The zero-order chi connectivity index (χ0) is 13.0. The van der Waals surface area contributed by atoms with Gasteiger partial charge in [0.1, 0.15) is 12.4 Å². The molecule has 2 amide bonds. The fraction of sp³-hybridized carbons (Fsp3) is 0.286. The summed E-state index contributed by atoms with van der Waals surface area (Å²) in [7, 11) is 0. The van der Waals surface area contributed by atoms with Gasteiger partial charge in [-0.3, -0.25) is 14.5 Å².